The lowest BCUT2D eigenvalue weighted by atomic mass is 9.76. The van der Waals surface area contributed by atoms with E-state index in [1.165, 1.54) is 32.1 Å². The summed E-state index contributed by atoms with van der Waals surface area (Å²) in [5.41, 5.74) is 6.65. The zero-order chi connectivity index (χ0) is 13.6. The summed E-state index contributed by atoms with van der Waals surface area (Å²) in [5.74, 6) is 0.782. The highest BCUT2D eigenvalue weighted by molar-refractivity contribution is 4.93. The molecule has 18 heavy (non-hydrogen) atoms. The second-order valence-corrected chi connectivity index (χ2v) is 6.28. The Hall–Kier alpha value is -0.120. The van der Waals surface area contributed by atoms with E-state index in [0.717, 1.165) is 25.6 Å². The molecule has 1 aliphatic rings. The average molecular weight is 256 g/mol. The normalized spacial score (nSPS) is 30.7. The molecule has 3 unspecified atom stereocenters. The Labute approximate surface area is 113 Å². The van der Waals surface area contributed by atoms with Crippen LogP contribution in [0.1, 0.15) is 52.9 Å². The SMILES string of the molecule is CCC(C)N(CCOC)CC1(N)CCCC(C)C1. The quantitative estimate of drug-likeness (QED) is 0.761. The molecular weight excluding hydrogens is 224 g/mol. The van der Waals surface area contributed by atoms with Gasteiger partial charge in [0.05, 0.1) is 6.61 Å². The molecule has 0 aliphatic heterocycles. The first-order valence-electron chi connectivity index (χ1n) is 7.52. The third-order valence-electron chi connectivity index (χ3n) is 4.44. The van der Waals surface area contributed by atoms with Gasteiger partial charge in [-0.3, -0.25) is 4.90 Å². The number of hydrogen-bond acceptors (Lipinski definition) is 3. The van der Waals surface area contributed by atoms with E-state index in [4.69, 9.17) is 10.5 Å². The summed E-state index contributed by atoms with van der Waals surface area (Å²) < 4.78 is 5.23. The van der Waals surface area contributed by atoms with Crippen molar-refractivity contribution in [2.75, 3.05) is 26.8 Å². The van der Waals surface area contributed by atoms with E-state index in [-0.39, 0.29) is 5.54 Å². The molecule has 0 bridgehead atoms. The number of ether oxygens (including phenoxy) is 1. The Balaban J connectivity index is 2.57. The summed E-state index contributed by atoms with van der Waals surface area (Å²) in [4.78, 5) is 2.52. The van der Waals surface area contributed by atoms with Gasteiger partial charge in [-0.15, -0.1) is 0 Å². The fourth-order valence-corrected chi connectivity index (χ4v) is 3.17. The molecule has 1 saturated carbocycles. The molecule has 0 radical (unpaired) electrons. The summed E-state index contributed by atoms with van der Waals surface area (Å²) in [7, 11) is 1.77. The summed E-state index contributed by atoms with van der Waals surface area (Å²) in [6, 6.07) is 0.595. The van der Waals surface area contributed by atoms with Crippen LogP contribution in [-0.2, 0) is 4.74 Å². The lowest BCUT2D eigenvalue weighted by molar-refractivity contribution is 0.0846. The average Bonchev–Trinajstić information content (AvgIpc) is 2.33. The van der Waals surface area contributed by atoms with Gasteiger partial charge in [0.15, 0.2) is 0 Å². The summed E-state index contributed by atoms with van der Waals surface area (Å²) >= 11 is 0. The number of hydrogen-bond donors (Lipinski definition) is 1. The molecule has 0 saturated heterocycles. The van der Waals surface area contributed by atoms with Crippen LogP contribution < -0.4 is 5.73 Å². The van der Waals surface area contributed by atoms with Gasteiger partial charge in [-0.25, -0.2) is 0 Å². The van der Waals surface area contributed by atoms with E-state index in [1.54, 1.807) is 7.11 Å². The monoisotopic (exact) mass is 256 g/mol. The number of nitrogens with zero attached hydrogens (tertiary/aromatic N) is 1. The van der Waals surface area contributed by atoms with Gasteiger partial charge in [0.2, 0.25) is 0 Å². The van der Waals surface area contributed by atoms with Crippen molar-refractivity contribution in [1.82, 2.24) is 4.90 Å². The molecule has 3 heteroatoms. The van der Waals surface area contributed by atoms with Crippen LogP contribution >= 0.6 is 0 Å². The lowest BCUT2D eigenvalue weighted by Gasteiger charge is -2.42. The molecule has 3 nitrogen and oxygen atoms in total. The standard InChI is InChI=1S/C15H32N2O/c1-5-14(3)17(9-10-18-4)12-15(16)8-6-7-13(2)11-15/h13-14H,5-12,16H2,1-4H3. The van der Waals surface area contributed by atoms with Crippen molar-refractivity contribution in [3.63, 3.8) is 0 Å². The highest BCUT2D eigenvalue weighted by Crippen LogP contribution is 2.31. The minimum absolute atomic E-state index is 0.0227. The van der Waals surface area contributed by atoms with Gasteiger partial charge < -0.3 is 10.5 Å². The minimum atomic E-state index is 0.0227. The van der Waals surface area contributed by atoms with Crippen molar-refractivity contribution >= 4 is 0 Å². The van der Waals surface area contributed by atoms with Crippen LogP contribution in [0.15, 0.2) is 0 Å². The fourth-order valence-electron chi connectivity index (χ4n) is 3.17. The summed E-state index contributed by atoms with van der Waals surface area (Å²) in [5, 5.41) is 0. The maximum atomic E-state index is 6.63. The van der Waals surface area contributed by atoms with E-state index < -0.39 is 0 Å². The fraction of sp³-hybridized carbons (Fsp3) is 1.00. The Kier molecular flexibility index (Phi) is 6.61. The second kappa shape index (κ2) is 7.46. The van der Waals surface area contributed by atoms with Gasteiger partial charge in [-0.2, -0.15) is 0 Å². The van der Waals surface area contributed by atoms with Crippen molar-refractivity contribution in [2.45, 2.75) is 64.5 Å². The minimum Gasteiger partial charge on any atom is -0.383 e. The maximum absolute atomic E-state index is 6.63. The van der Waals surface area contributed by atoms with Crippen LogP contribution in [-0.4, -0.2) is 43.3 Å². The van der Waals surface area contributed by atoms with Crippen molar-refractivity contribution in [1.29, 1.82) is 0 Å². The van der Waals surface area contributed by atoms with Crippen molar-refractivity contribution in [3.05, 3.63) is 0 Å². The van der Waals surface area contributed by atoms with E-state index >= 15 is 0 Å². The molecule has 0 amide bonds. The first-order chi connectivity index (χ1) is 8.50. The lowest BCUT2D eigenvalue weighted by Crippen LogP contribution is -2.55. The third-order valence-corrected chi connectivity index (χ3v) is 4.44. The molecule has 3 atom stereocenters. The molecule has 1 aliphatic carbocycles. The van der Waals surface area contributed by atoms with Gasteiger partial charge in [0.1, 0.15) is 0 Å². The molecule has 1 fully saturated rings. The number of nitrogens with two attached hydrogens (primary N) is 1. The van der Waals surface area contributed by atoms with Crippen LogP contribution in [0.3, 0.4) is 0 Å². The van der Waals surface area contributed by atoms with Gasteiger partial charge in [0.25, 0.3) is 0 Å². The topological polar surface area (TPSA) is 38.5 Å². The van der Waals surface area contributed by atoms with Crippen LogP contribution in [0.4, 0.5) is 0 Å². The number of methoxy groups -OCH3 is 1. The number of rotatable bonds is 7. The molecule has 108 valence electrons. The van der Waals surface area contributed by atoms with Gasteiger partial charge in [-0.1, -0.05) is 26.7 Å². The third kappa shape index (κ3) is 4.87. The Morgan fingerprint density at radius 1 is 1.50 bits per heavy atom. The molecule has 1 rings (SSSR count). The van der Waals surface area contributed by atoms with E-state index in [2.05, 4.69) is 25.7 Å². The van der Waals surface area contributed by atoms with E-state index in [0.29, 0.717) is 6.04 Å². The Bertz CT molecular complexity index is 235. The summed E-state index contributed by atoms with van der Waals surface area (Å²) in [6.07, 6.45) is 6.16. The molecule has 0 heterocycles. The first kappa shape index (κ1) is 15.9. The molecular formula is C15H32N2O. The smallest absolute Gasteiger partial charge is 0.0589 e. The summed E-state index contributed by atoms with van der Waals surface area (Å²) in [6.45, 7) is 9.70. The molecule has 2 N–H and O–H groups in total. The highest BCUT2D eigenvalue weighted by atomic mass is 16.5. The predicted molar refractivity (Wildman–Crippen MR) is 77.8 cm³/mol. The largest absolute Gasteiger partial charge is 0.383 e. The van der Waals surface area contributed by atoms with Gasteiger partial charge in [-0.05, 0) is 32.1 Å². The van der Waals surface area contributed by atoms with Crippen molar-refractivity contribution in [3.8, 4) is 0 Å². The van der Waals surface area contributed by atoms with Crippen LogP contribution in [0.2, 0.25) is 0 Å². The van der Waals surface area contributed by atoms with E-state index in [9.17, 15) is 0 Å². The van der Waals surface area contributed by atoms with E-state index in [1.807, 2.05) is 0 Å². The molecule has 0 aromatic heterocycles. The Morgan fingerprint density at radius 3 is 2.78 bits per heavy atom. The molecule has 0 aromatic rings. The predicted octanol–water partition coefficient (Wildman–Crippen LogP) is 2.64. The van der Waals surface area contributed by atoms with Gasteiger partial charge in [0, 0.05) is 31.8 Å². The van der Waals surface area contributed by atoms with Crippen molar-refractivity contribution in [2.24, 2.45) is 11.7 Å². The second-order valence-electron chi connectivity index (χ2n) is 6.28. The van der Waals surface area contributed by atoms with Gasteiger partial charge >= 0.3 is 0 Å². The highest BCUT2D eigenvalue weighted by Gasteiger charge is 2.33. The molecule has 0 aromatic carbocycles. The van der Waals surface area contributed by atoms with Crippen LogP contribution in [0.25, 0.3) is 0 Å². The van der Waals surface area contributed by atoms with Crippen LogP contribution in [0, 0.1) is 5.92 Å². The maximum Gasteiger partial charge on any atom is 0.0589 e. The van der Waals surface area contributed by atoms with Crippen LogP contribution in [0.5, 0.6) is 0 Å². The molecule has 0 spiro atoms. The first-order valence-corrected chi connectivity index (χ1v) is 7.52. The zero-order valence-corrected chi connectivity index (χ0v) is 12.7. The Morgan fingerprint density at radius 2 is 2.22 bits per heavy atom. The van der Waals surface area contributed by atoms with Crippen molar-refractivity contribution < 1.29 is 4.74 Å². The zero-order valence-electron chi connectivity index (χ0n) is 12.7.